The Labute approximate surface area is 121 Å². The summed E-state index contributed by atoms with van der Waals surface area (Å²) in [5.41, 5.74) is 1.19. The summed E-state index contributed by atoms with van der Waals surface area (Å²) < 4.78 is 1.56. The zero-order valence-corrected chi connectivity index (χ0v) is 11.5. The molecule has 1 aromatic heterocycles. The first-order valence-corrected chi connectivity index (χ1v) is 6.37. The predicted molar refractivity (Wildman–Crippen MR) is 77.0 cm³/mol. The Hall–Kier alpha value is -2.83. The molecule has 1 atom stereocenters. The van der Waals surface area contributed by atoms with Crippen LogP contribution in [-0.2, 0) is 11.8 Å². The number of amides is 2. The summed E-state index contributed by atoms with van der Waals surface area (Å²) in [5.74, 6) is -1.77. The number of aliphatic carboxylic acids is 1. The number of anilines is 1. The third-order valence-corrected chi connectivity index (χ3v) is 2.93. The van der Waals surface area contributed by atoms with Crippen molar-refractivity contribution in [3.63, 3.8) is 0 Å². The van der Waals surface area contributed by atoms with Gasteiger partial charge in [-0.1, -0.05) is 30.3 Å². The molecule has 2 amide bonds. The number of nitrogens with one attached hydrogen (secondary N) is 2. The van der Waals surface area contributed by atoms with E-state index in [9.17, 15) is 14.7 Å². The van der Waals surface area contributed by atoms with Crippen LogP contribution in [0, 0.1) is 0 Å². The summed E-state index contributed by atoms with van der Waals surface area (Å²) in [6, 6.07) is 8.32. The summed E-state index contributed by atoms with van der Waals surface area (Å²) in [4.78, 5) is 23.0. The second-order valence-corrected chi connectivity index (χ2v) is 4.54. The molecule has 1 unspecified atom stereocenters. The maximum atomic E-state index is 11.7. The Morgan fingerprint density at radius 2 is 2.05 bits per heavy atom. The molecule has 1 aromatic carbocycles. The Kier molecular flexibility index (Phi) is 4.55. The van der Waals surface area contributed by atoms with E-state index in [1.165, 1.54) is 6.20 Å². The third-order valence-electron chi connectivity index (χ3n) is 2.93. The topological polar surface area (TPSA) is 96.2 Å². The fourth-order valence-electron chi connectivity index (χ4n) is 1.89. The monoisotopic (exact) mass is 288 g/mol. The van der Waals surface area contributed by atoms with Crippen LogP contribution in [0.1, 0.15) is 11.5 Å². The lowest BCUT2D eigenvalue weighted by molar-refractivity contribution is -0.138. The minimum atomic E-state index is -0.983. The molecule has 0 saturated carbocycles. The van der Waals surface area contributed by atoms with E-state index in [0.29, 0.717) is 11.3 Å². The van der Waals surface area contributed by atoms with E-state index in [2.05, 4.69) is 15.7 Å². The number of carboxylic acid groups (broad SMARTS) is 1. The molecule has 0 aliphatic heterocycles. The summed E-state index contributed by atoms with van der Waals surface area (Å²) in [7, 11) is 1.74. The highest BCUT2D eigenvalue weighted by atomic mass is 16.4. The number of benzene rings is 1. The van der Waals surface area contributed by atoms with Gasteiger partial charge in [-0.05, 0) is 5.56 Å². The van der Waals surface area contributed by atoms with Crippen LogP contribution in [0.5, 0.6) is 0 Å². The van der Waals surface area contributed by atoms with E-state index in [1.54, 1.807) is 42.2 Å². The molecule has 0 bridgehead atoms. The minimum absolute atomic E-state index is 0.00540. The molecule has 0 radical (unpaired) electrons. The number of carbonyl (C=O) groups excluding carboxylic acids is 1. The fraction of sp³-hybridized carbons (Fsp3) is 0.214. The second-order valence-electron chi connectivity index (χ2n) is 4.54. The van der Waals surface area contributed by atoms with E-state index in [-0.39, 0.29) is 6.54 Å². The summed E-state index contributed by atoms with van der Waals surface area (Å²) in [6.45, 7) is 0.00540. The van der Waals surface area contributed by atoms with Crippen LogP contribution in [0.25, 0.3) is 0 Å². The van der Waals surface area contributed by atoms with Gasteiger partial charge in [0, 0.05) is 19.8 Å². The van der Waals surface area contributed by atoms with Crippen LogP contribution >= 0.6 is 0 Å². The third kappa shape index (κ3) is 4.07. The molecule has 0 saturated heterocycles. The van der Waals surface area contributed by atoms with Gasteiger partial charge in [-0.2, -0.15) is 5.10 Å². The van der Waals surface area contributed by atoms with Gasteiger partial charge in [0.15, 0.2) is 0 Å². The van der Waals surface area contributed by atoms with Gasteiger partial charge in [-0.3, -0.25) is 9.48 Å². The molecule has 2 rings (SSSR count). The highest BCUT2D eigenvalue weighted by Crippen LogP contribution is 2.14. The summed E-state index contributed by atoms with van der Waals surface area (Å²) in [6.07, 6.45) is 3.15. The van der Waals surface area contributed by atoms with Crippen molar-refractivity contribution in [3.8, 4) is 0 Å². The highest BCUT2D eigenvalue weighted by molar-refractivity contribution is 5.89. The van der Waals surface area contributed by atoms with Gasteiger partial charge >= 0.3 is 12.0 Å². The van der Waals surface area contributed by atoms with Crippen LogP contribution in [0.2, 0.25) is 0 Å². The number of nitrogens with zero attached hydrogens (tertiary/aromatic N) is 2. The first kappa shape index (κ1) is 14.6. The Morgan fingerprint density at radius 3 is 2.62 bits per heavy atom. The molecular formula is C14H16N4O3. The van der Waals surface area contributed by atoms with Crippen molar-refractivity contribution in [3.05, 3.63) is 48.3 Å². The van der Waals surface area contributed by atoms with E-state index < -0.39 is 17.9 Å². The van der Waals surface area contributed by atoms with E-state index in [0.717, 1.165) is 0 Å². The van der Waals surface area contributed by atoms with Crippen molar-refractivity contribution in [1.29, 1.82) is 0 Å². The van der Waals surface area contributed by atoms with Gasteiger partial charge < -0.3 is 15.7 Å². The van der Waals surface area contributed by atoms with E-state index in [1.807, 2.05) is 6.07 Å². The lowest BCUT2D eigenvalue weighted by Crippen LogP contribution is -2.34. The molecule has 0 aliphatic rings. The Morgan fingerprint density at radius 1 is 1.33 bits per heavy atom. The number of aryl methyl sites for hydroxylation is 1. The number of carbonyl (C=O) groups is 2. The van der Waals surface area contributed by atoms with Crippen molar-refractivity contribution in [2.45, 2.75) is 5.92 Å². The molecule has 110 valence electrons. The van der Waals surface area contributed by atoms with Gasteiger partial charge in [0.1, 0.15) is 0 Å². The maximum absolute atomic E-state index is 11.7. The van der Waals surface area contributed by atoms with Gasteiger partial charge in [0.2, 0.25) is 0 Å². The van der Waals surface area contributed by atoms with Crippen LogP contribution in [0.3, 0.4) is 0 Å². The SMILES string of the molecule is Cn1cc(NC(=O)NCC(C(=O)O)c2ccccc2)cn1. The zero-order chi connectivity index (χ0) is 15.2. The number of rotatable bonds is 5. The van der Waals surface area contributed by atoms with Crippen molar-refractivity contribution in [1.82, 2.24) is 15.1 Å². The molecular weight excluding hydrogens is 272 g/mol. The molecule has 21 heavy (non-hydrogen) atoms. The first-order valence-electron chi connectivity index (χ1n) is 6.37. The zero-order valence-electron chi connectivity index (χ0n) is 11.5. The second kappa shape index (κ2) is 6.56. The van der Waals surface area contributed by atoms with Gasteiger partial charge in [-0.15, -0.1) is 0 Å². The maximum Gasteiger partial charge on any atom is 0.319 e. The van der Waals surface area contributed by atoms with Crippen LogP contribution in [-0.4, -0.2) is 33.4 Å². The average Bonchev–Trinajstić information content (AvgIpc) is 2.85. The smallest absolute Gasteiger partial charge is 0.319 e. The number of hydrogen-bond acceptors (Lipinski definition) is 3. The van der Waals surface area contributed by atoms with Crippen LogP contribution in [0.4, 0.5) is 10.5 Å². The van der Waals surface area contributed by atoms with Gasteiger partial charge in [0.05, 0.1) is 17.8 Å². The summed E-state index contributed by atoms with van der Waals surface area (Å²) in [5, 5.41) is 18.3. The summed E-state index contributed by atoms with van der Waals surface area (Å²) >= 11 is 0. The van der Waals surface area contributed by atoms with E-state index in [4.69, 9.17) is 0 Å². The van der Waals surface area contributed by atoms with Crippen molar-refractivity contribution in [2.75, 3.05) is 11.9 Å². The first-order chi connectivity index (χ1) is 10.1. The number of carboxylic acids is 1. The molecule has 0 aliphatic carbocycles. The van der Waals surface area contributed by atoms with Gasteiger partial charge in [0.25, 0.3) is 0 Å². The number of urea groups is 1. The Bertz CT molecular complexity index is 624. The largest absolute Gasteiger partial charge is 0.481 e. The predicted octanol–water partition coefficient (Wildman–Crippen LogP) is 1.41. The fourth-order valence-corrected chi connectivity index (χ4v) is 1.89. The molecule has 7 nitrogen and oxygen atoms in total. The van der Waals surface area contributed by atoms with Crippen LogP contribution in [0.15, 0.2) is 42.7 Å². The van der Waals surface area contributed by atoms with Crippen molar-refractivity contribution >= 4 is 17.7 Å². The molecule has 1 heterocycles. The molecule has 7 heteroatoms. The quantitative estimate of drug-likeness (QED) is 0.775. The molecule has 2 aromatic rings. The normalized spacial score (nSPS) is 11.7. The van der Waals surface area contributed by atoms with Crippen LogP contribution < -0.4 is 10.6 Å². The highest BCUT2D eigenvalue weighted by Gasteiger charge is 2.20. The average molecular weight is 288 g/mol. The van der Waals surface area contributed by atoms with Gasteiger partial charge in [-0.25, -0.2) is 4.79 Å². The number of aromatic nitrogens is 2. The van der Waals surface area contributed by atoms with Crippen molar-refractivity contribution in [2.24, 2.45) is 7.05 Å². The lowest BCUT2D eigenvalue weighted by atomic mass is 9.99. The number of hydrogen-bond donors (Lipinski definition) is 3. The standard InChI is InChI=1S/C14H16N4O3/c1-18-9-11(7-16-18)17-14(21)15-8-12(13(19)20)10-5-3-2-4-6-10/h2-7,9,12H,8H2,1H3,(H,19,20)(H2,15,17,21). The lowest BCUT2D eigenvalue weighted by Gasteiger charge is -2.13. The molecule has 0 spiro atoms. The van der Waals surface area contributed by atoms with Crippen molar-refractivity contribution < 1.29 is 14.7 Å². The minimum Gasteiger partial charge on any atom is -0.481 e. The Balaban J connectivity index is 1.93. The molecule has 3 N–H and O–H groups in total. The molecule has 0 fully saturated rings. The van der Waals surface area contributed by atoms with E-state index >= 15 is 0 Å².